The molecule has 1 aromatic carbocycles. The highest BCUT2D eigenvalue weighted by atomic mass is 16.3. The van der Waals surface area contributed by atoms with Crippen LogP contribution in [0.1, 0.15) is 12.5 Å². The number of anilines is 1. The highest BCUT2D eigenvalue weighted by Gasteiger charge is 2.10. The smallest absolute Gasteiger partial charge is 0.321 e. The zero-order valence-corrected chi connectivity index (χ0v) is 9.03. The Labute approximate surface area is 89.5 Å². The van der Waals surface area contributed by atoms with Gasteiger partial charge in [-0.1, -0.05) is 12.1 Å². The van der Waals surface area contributed by atoms with Crippen LogP contribution in [0.25, 0.3) is 0 Å². The summed E-state index contributed by atoms with van der Waals surface area (Å²) in [4.78, 5) is 13.1. The predicted octanol–water partition coefficient (Wildman–Crippen LogP) is 1.34. The highest BCUT2D eigenvalue weighted by molar-refractivity contribution is 5.91. The molecule has 0 heterocycles. The quantitative estimate of drug-likeness (QED) is 0.787. The van der Waals surface area contributed by atoms with Crippen molar-refractivity contribution < 1.29 is 9.90 Å². The summed E-state index contributed by atoms with van der Waals surface area (Å²) in [6, 6.07) is 7.13. The number of hydrogen-bond donors (Lipinski definition) is 2. The Morgan fingerprint density at radius 1 is 1.40 bits per heavy atom. The molecule has 0 bridgehead atoms. The molecule has 4 heteroatoms. The molecule has 15 heavy (non-hydrogen) atoms. The van der Waals surface area contributed by atoms with Crippen molar-refractivity contribution in [3.63, 3.8) is 0 Å². The van der Waals surface area contributed by atoms with Gasteiger partial charge in [0.2, 0.25) is 0 Å². The minimum Gasteiger partial charge on any atom is -0.392 e. The molecule has 0 saturated carbocycles. The van der Waals surface area contributed by atoms with E-state index in [4.69, 9.17) is 5.11 Å². The molecule has 0 radical (unpaired) electrons. The van der Waals surface area contributed by atoms with Crippen molar-refractivity contribution in [3.8, 4) is 0 Å². The van der Waals surface area contributed by atoms with Gasteiger partial charge in [-0.25, -0.2) is 4.79 Å². The van der Waals surface area contributed by atoms with E-state index in [9.17, 15) is 4.79 Å². The average molecular weight is 208 g/mol. The number of amides is 2. The van der Waals surface area contributed by atoms with Gasteiger partial charge in [0.1, 0.15) is 0 Å². The molecule has 0 saturated heterocycles. The highest BCUT2D eigenvalue weighted by Crippen LogP contribution is 2.15. The first-order chi connectivity index (χ1) is 7.22. The van der Waals surface area contributed by atoms with Crippen LogP contribution in [0, 0.1) is 0 Å². The number of carbonyl (C=O) groups excluding carboxylic acids is 1. The molecule has 2 amide bonds. The third-order valence-corrected chi connectivity index (χ3v) is 2.21. The summed E-state index contributed by atoms with van der Waals surface area (Å²) in [5.41, 5.74) is 1.67. The van der Waals surface area contributed by atoms with Crippen LogP contribution in [-0.4, -0.2) is 24.7 Å². The fourth-order valence-electron chi connectivity index (χ4n) is 1.36. The third kappa shape index (κ3) is 2.70. The van der Waals surface area contributed by atoms with Crippen LogP contribution >= 0.6 is 0 Å². The monoisotopic (exact) mass is 208 g/mol. The first kappa shape index (κ1) is 11.5. The lowest BCUT2D eigenvalue weighted by Crippen LogP contribution is -2.37. The summed E-state index contributed by atoms with van der Waals surface area (Å²) >= 11 is 0. The topological polar surface area (TPSA) is 52.6 Å². The van der Waals surface area contributed by atoms with Crippen molar-refractivity contribution in [1.82, 2.24) is 5.32 Å². The number of benzene rings is 1. The fraction of sp³-hybridized carbons (Fsp3) is 0.364. The van der Waals surface area contributed by atoms with E-state index in [2.05, 4.69) is 5.32 Å². The summed E-state index contributed by atoms with van der Waals surface area (Å²) in [5.74, 6) is 0. The maximum Gasteiger partial charge on any atom is 0.321 e. The molecule has 1 aromatic rings. The summed E-state index contributed by atoms with van der Waals surface area (Å²) < 4.78 is 0. The number of aliphatic hydroxyl groups is 1. The SMILES string of the molecule is CCN(C(=O)NC)c1ccc(CO)cc1. The molecule has 82 valence electrons. The van der Waals surface area contributed by atoms with Gasteiger partial charge in [-0.2, -0.15) is 0 Å². The average Bonchev–Trinajstić information content (AvgIpc) is 2.30. The summed E-state index contributed by atoms with van der Waals surface area (Å²) in [5, 5.41) is 11.5. The van der Waals surface area contributed by atoms with Gasteiger partial charge in [-0.3, -0.25) is 4.90 Å². The zero-order chi connectivity index (χ0) is 11.3. The normalized spacial score (nSPS) is 9.80. The summed E-state index contributed by atoms with van der Waals surface area (Å²) in [6.45, 7) is 2.54. The maximum absolute atomic E-state index is 11.5. The number of urea groups is 1. The molecule has 0 aliphatic rings. The second-order valence-corrected chi connectivity index (χ2v) is 3.12. The van der Waals surface area contributed by atoms with E-state index in [-0.39, 0.29) is 12.6 Å². The molecule has 0 aliphatic heterocycles. The lowest BCUT2D eigenvalue weighted by molar-refractivity contribution is 0.248. The largest absolute Gasteiger partial charge is 0.392 e. The zero-order valence-electron chi connectivity index (χ0n) is 9.03. The van der Waals surface area contributed by atoms with E-state index >= 15 is 0 Å². The van der Waals surface area contributed by atoms with Crippen LogP contribution < -0.4 is 10.2 Å². The van der Waals surface area contributed by atoms with E-state index in [1.807, 2.05) is 19.1 Å². The summed E-state index contributed by atoms with van der Waals surface area (Å²) in [7, 11) is 1.60. The van der Waals surface area contributed by atoms with Gasteiger partial charge in [-0.15, -0.1) is 0 Å². The number of nitrogens with zero attached hydrogens (tertiary/aromatic N) is 1. The maximum atomic E-state index is 11.5. The van der Waals surface area contributed by atoms with Crippen molar-refractivity contribution in [1.29, 1.82) is 0 Å². The van der Waals surface area contributed by atoms with Gasteiger partial charge >= 0.3 is 6.03 Å². The number of rotatable bonds is 3. The number of carbonyl (C=O) groups is 1. The van der Waals surface area contributed by atoms with Crippen LogP contribution in [-0.2, 0) is 6.61 Å². The Bertz CT molecular complexity index is 322. The molecule has 0 atom stereocenters. The molecular formula is C11H16N2O2. The lowest BCUT2D eigenvalue weighted by atomic mass is 10.2. The second kappa shape index (κ2) is 5.36. The number of aliphatic hydroxyl groups excluding tert-OH is 1. The van der Waals surface area contributed by atoms with Gasteiger partial charge in [0, 0.05) is 19.3 Å². The molecule has 0 aliphatic carbocycles. The Balaban J connectivity index is 2.87. The van der Waals surface area contributed by atoms with Crippen LogP contribution in [0.15, 0.2) is 24.3 Å². The first-order valence-corrected chi connectivity index (χ1v) is 4.92. The van der Waals surface area contributed by atoms with Gasteiger partial charge in [0.05, 0.1) is 6.61 Å². The molecule has 2 N–H and O–H groups in total. The first-order valence-electron chi connectivity index (χ1n) is 4.92. The Morgan fingerprint density at radius 2 is 2.00 bits per heavy atom. The van der Waals surface area contributed by atoms with Crippen LogP contribution in [0.5, 0.6) is 0 Å². The molecule has 4 nitrogen and oxygen atoms in total. The molecule has 0 fully saturated rings. The Kier molecular flexibility index (Phi) is 4.12. The predicted molar refractivity (Wildman–Crippen MR) is 59.8 cm³/mol. The van der Waals surface area contributed by atoms with Crippen LogP contribution in [0.2, 0.25) is 0 Å². The standard InChI is InChI=1S/C11H16N2O2/c1-3-13(11(15)12-2)10-6-4-9(8-14)5-7-10/h4-7,14H,3,8H2,1-2H3,(H,12,15). The van der Waals surface area contributed by atoms with E-state index in [0.717, 1.165) is 11.3 Å². The molecule has 0 unspecified atom stereocenters. The minimum absolute atomic E-state index is 0.0202. The van der Waals surface area contributed by atoms with Crippen molar-refractivity contribution in [2.24, 2.45) is 0 Å². The molecule has 0 spiro atoms. The van der Waals surface area contributed by atoms with Crippen molar-refractivity contribution >= 4 is 11.7 Å². The number of hydrogen-bond acceptors (Lipinski definition) is 2. The van der Waals surface area contributed by atoms with Gasteiger partial charge in [0.25, 0.3) is 0 Å². The second-order valence-electron chi connectivity index (χ2n) is 3.12. The van der Waals surface area contributed by atoms with Gasteiger partial charge < -0.3 is 10.4 Å². The molecule has 0 aromatic heterocycles. The fourth-order valence-corrected chi connectivity index (χ4v) is 1.36. The minimum atomic E-state index is -0.130. The van der Waals surface area contributed by atoms with Gasteiger partial charge in [-0.05, 0) is 24.6 Å². The molecule has 1 rings (SSSR count). The lowest BCUT2D eigenvalue weighted by Gasteiger charge is -2.20. The summed E-state index contributed by atoms with van der Waals surface area (Å²) in [6.07, 6.45) is 0. The molecular weight excluding hydrogens is 192 g/mol. The van der Waals surface area contributed by atoms with Crippen molar-refractivity contribution in [3.05, 3.63) is 29.8 Å². The van der Waals surface area contributed by atoms with Gasteiger partial charge in [0.15, 0.2) is 0 Å². The third-order valence-electron chi connectivity index (χ3n) is 2.21. The Hall–Kier alpha value is -1.55. The van der Waals surface area contributed by atoms with E-state index in [1.165, 1.54) is 0 Å². The van der Waals surface area contributed by atoms with Crippen molar-refractivity contribution in [2.45, 2.75) is 13.5 Å². The van der Waals surface area contributed by atoms with Crippen molar-refractivity contribution in [2.75, 3.05) is 18.5 Å². The van der Waals surface area contributed by atoms with E-state index < -0.39 is 0 Å². The van der Waals surface area contributed by atoms with E-state index in [0.29, 0.717) is 6.54 Å². The number of nitrogens with one attached hydrogen (secondary N) is 1. The van der Waals surface area contributed by atoms with Crippen LogP contribution in [0.4, 0.5) is 10.5 Å². The Morgan fingerprint density at radius 3 is 2.40 bits per heavy atom. The van der Waals surface area contributed by atoms with E-state index in [1.54, 1.807) is 24.1 Å². The van der Waals surface area contributed by atoms with Crippen LogP contribution in [0.3, 0.4) is 0 Å².